The van der Waals surface area contributed by atoms with Gasteiger partial charge in [-0.3, -0.25) is 0 Å². The minimum atomic E-state index is -4.99. The Bertz CT molecular complexity index is 565. The zero-order chi connectivity index (χ0) is 16.1. The second kappa shape index (κ2) is 4.98. The predicted molar refractivity (Wildman–Crippen MR) is 69.9 cm³/mol. The van der Waals surface area contributed by atoms with Gasteiger partial charge in [0.05, 0.1) is 12.3 Å². The Balaban J connectivity index is 2.66. The summed E-state index contributed by atoms with van der Waals surface area (Å²) in [5.74, 6) is 0.137. The van der Waals surface area contributed by atoms with Crippen molar-refractivity contribution in [3.63, 3.8) is 0 Å². The lowest BCUT2D eigenvalue weighted by Gasteiger charge is -2.35. The highest BCUT2D eigenvalue weighted by Crippen LogP contribution is 2.44. The quantitative estimate of drug-likeness (QED) is 0.715. The van der Waals surface area contributed by atoms with Crippen LogP contribution < -0.4 is 16.2 Å². The molecule has 2 heterocycles. The zero-order valence-electron chi connectivity index (χ0n) is 11.2. The Morgan fingerprint density at radius 1 is 1.52 bits per heavy atom. The number of ether oxygens (including phenoxy) is 1. The van der Waals surface area contributed by atoms with Gasteiger partial charge in [-0.2, -0.15) is 13.2 Å². The van der Waals surface area contributed by atoms with Crippen LogP contribution in [0.4, 0.5) is 13.2 Å². The lowest BCUT2D eigenvalue weighted by molar-refractivity contribution is -0.263. The summed E-state index contributed by atoms with van der Waals surface area (Å²) in [6, 6.07) is 1.06. The molecule has 0 aromatic carbocycles. The SMILES string of the molecule is C[C@]1(N)CCOc2c1cc(C(O)(CN)C(F)(F)F)nc2Cl. The van der Waals surface area contributed by atoms with Crippen molar-refractivity contribution in [1.82, 2.24) is 4.98 Å². The molecule has 1 aliphatic rings. The Morgan fingerprint density at radius 3 is 2.67 bits per heavy atom. The Hall–Kier alpha value is -1.09. The molecule has 2 atom stereocenters. The van der Waals surface area contributed by atoms with E-state index in [0.29, 0.717) is 6.42 Å². The van der Waals surface area contributed by atoms with Crippen LogP contribution in [0.25, 0.3) is 0 Å². The Labute approximate surface area is 124 Å². The van der Waals surface area contributed by atoms with Gasteiger partial charge in [-0.25, -0.2) is 4.98 Å². The van der Waals surface area contributed by atoms with Gasteiger partial charge in [0.15, 0.2) is 10.9 Å². The van der Waals surface area contributed by atoms with E-state index in [0.717, 1.165) is 6.07 Å². The number of halogens is 4. The number of nitrogens with zero attached hydrogens (tertiary/aromatic N) is 1. The molecular formula is C12H15ClF3N3O2. The molecule has 0 bridgehead atoms. The smallest absolute Gasteiger partial charge is 0.424 e. The minimum absolute atomic E-state index is 0.137. The predicted octanol–water partition coefficient (Wildman–Crippen LogP) is 1.40. The van der Waals surface area contributed by atoms with E-state index in [1.165, 1.54) is 0 Å². The summed E-state index contributed by atoms with van der Waals surface area (Å²) in [6.45, 7) is 0.839. The number of nitrogens with two attached hydrogens (primary N) is 2. The number of fused-ring (bicyclic) bond motifs is 1. The van der Waals surface area contributed by atoms with Crippen molar-refractivity contribution in [2.45, 2.75) is 30.7 Å². The fourth-order valence-corrected chi connectivity index (χ4v) is 2.39. The summed E-state index contributed by atoms with van der Waals surface area (Å²) in [4.78, 5) is 3.60. The molecule has 21 heavy (non-hydrogen) atoms. The average molecular weight is 326 g/mol. The van der Waals surface area contributed by atoms with Gasteiger partial charge < -0.3 is 21.3 Å². The third-order valence-electron chi connectivity index (χ3n) is 3.60. The van der Waals surface area contributed by atoms with Gasteiger partial charge >= 0.3 is 6.18 Å². The normalized spacial score (nSPS) is 25.0. The van der Waals surface area contributed by atoms with Crippen molar-refractivity contribution in [1.29, 1.82) is 0 Å². The third kappa shape index (κ3) is 2.57. The van der Waals surface area contributed by atoms with Crippen LogP contribution in [0.2, 0.25) is 5.15 Å². The molecule has 5 nitrogen and oxygen atoms in total. The molecule has 1 aromatic rings. The maximum Gasteiger partial charge on any atom is 0.424 e. The first-order valence-corrected chi connectivity index (χ1v) is 6.53. The van der Waals surface area contributed by atoms with Crippen LogP contribution in [0, 0.1) is 0 Å². The molecule has 1 aliphatic heterocycles. The van der Waals surface area contributed by atoms with Crippen molar-refractivity contribution in [2.24, 2.45) is 11.5 Å². The Morgan fingerprint density at radius 2 is 2.14 bits per heavy atom. The van der Waals surface area contributed by atoms with Crippen LogP contribution >= 0.6 is 11.6 Å². The molecular weight excluding hydrogens is 311 g/mol. The van der Waals surface area contributed by atoms with E-state index in [2.05, 4.69) is 4.98 Å². The average Bonchev–Trinajstić information content (AvgIpc) is 2.37. The molecule has 0 spiro atoms. The molecule has 0 saturated heterocycles. The summed E-state index contributed by atoms with van der Waals surface area (Å²) < 4.78 is 44.5. The number of aliphatic hydroxyl groups is 1. The number of rotatable bonds is 2. The van der Waals surface area contributed by atoms with Crippen molar-refractivity contribution >= 4 is 11.6 Å². The summed E-state index contributed by atoms with van der Waals surface area (Å²) in [7, 11) is 0. The van der Waals surface area contributed by atoms with Crippen LogP contribution in [0.1, 0.15) is 24.6 Å². The molecule has 0 fully saturated rings. The maximum atomic E-state index is 13.1. The van der Waals surface area contributed by atoms with Crippen LogP contribution in [0.5, 0.6) is 5.75 Å². The number of hydrogen-bond acceptors (Lipinski definition) is 5. The van der Waals surface area contributed by atoms with E-state index in [4.69, 9.17) is 27.8 Å². The van der Waals surface area contributed by atoms with E-state index in [1.54, 1.807) is 6.92 Å². The second-order valence-electron chi connectivity index (χ2n) is 5.25. The summed E-state index contributed by atoms with van der Waals surface area (Å²) >= 11 is 5.88. The number of alkyl halides is 3. The van der Waals surface area contributed by atoms with Crippen LogP contribution in [-0.2, 0) is 11.1 Å². The third-order valence-corrected chi connectivity index (χ3v) is 3.86. The first kappa shape index (κ1) is 16.3. The minimum Gasteiger partial charge on any atom is -0.490 e. The standard InChI is InChI=1S/C12H15ClF3N3O2/c1-10(18)2-3-21-8-6(10)4-7(19-9(8)13)11(20,5-17)12(14,15)16/h4,20H,2-3,5,17-18H2,1H3/t10-,11?/m0/s1. The second-order valence-corrected chi connectivity index (χ2v) is 5.61. The molecule has 1 aromatic heterocycles. The summed E-state index contributed by atoms with van der Waals surface area (Å²) in [6.07, 6.45) is -4.60. The highest BCUT2D eigenvalue weighted by Gasteiger charge is 2.56. The number of pyridine rings is 1. The van der Waals surface area contributed by atoms with Gasteiger partial charge in [-0.15, -0.1) is 0 Å². The summed E-state index contributed by atoms with van der Waals surface area (Å²) in [5.41, 5.74) is 6.51. The lowest BCUT2D eigenvalue weighted by atomic mass is 9.86. The van der Waals surface area contributed by atoms with E-state index >= 15 is 0 Å². The molecule has 2 rings (SSSR count). The molecule has 118 valence electrons. The van der Waals surface area contributed by atoms with Gasteiger partial charge in [-0.1, -0.05) is 11.6 Å². The molecule has 0 radical (unpaired) electrons. The molecule has 0 saturated carbocycles. The summed E-state index contributed by atoms with van der Waals surface area (Å²) in [5, 5.41) is 9.59. The topological polar surface area (TPSA) is 94.4 Å². The molecule has 5 N–H and O–H groups in total. The fourth-order valence-electron chi connectivity index (χ4n) is 2.14. The van der Waals surface area contributed by atoms with Crippen molar-refractivity contribution in [3.8, 4) is 5.75 Å². The van der Waals surface area contributed by atoms with Gasteiger partial charge in [0.25, 0.3) is 0 Å². The van der Waals surface area contributed by atoms with Crippen LogP contribution in [0.3, 0.4) is 0 Å². The lowest BCUT2D eigenvalue weighted by Crippen LogP contribution is -2.49. The van der Waals surface area contributed by atoms with E-state index in [1.807, 2.05) is 0 Å². The van der Waals surface area contributed by atoms with Gasteiger partial charge in [0, 0.05) is 24.1 Å². The van der Waals surface area contributed by atoms with E-state index < -0.39 is 29.6 Å². The van der Waals surface area contributed by atoms with Crippen LogP contribution in [-0.4, -0.2) is 29.4 Å². The highest BCUT2D eigenvalue weighted by atomic mass is 35.5. The van der Waals surface area contributed by atoms with Gasteiger partial charge in [0.1, 0.15) is 0 Å². The first-order chi connectivity index (χ1) is 9.53. The largest absolute Gasteiger partial charge is 0.490 e. The first-order valence-electron chi connectivity index (χ1n) is 6.15. The number of hydrogen-bond donors (Lipinski definition) is 3. The monoisotopic (exact) mass is 325 g/mol. The van der Waals surface area contributed by atoms with Crippen LogP contribution in [0.15, 0.2) is 6.07 Å². The number of aromatic nitrogens is 1. The van der Waals surface area contributed by atoms with E-state index in [-0.39, 0.29) is 23.1 Å². The molecule has 0 aliphatic carbocycles. The molecule has 1 unspecified atom stereocenters. The van der Waals surface area contributed by atoms with Crippen molar-refractivity contribution in [2.75, 3.05) is 13.2 Å². The zero-order valence-corrected chi connectivity index (χ0v) is 11.9. The van der Waals surface area contributed by atoms with Crippen molar-refractivity contribution < 1.29 is 23.0 Å². The van der Waals surface area contributed by atoms with Gasteiger partial charge in [0.2, 0.25) is 5.60 Å². The Kier molecular flexibility index (Phi) is 3.86. The van der Waals surface area contributed by atoms with Crippen molar-refractivity contribution in [3.05, 3.63) is 22.5 Å². The van der Waals surface area contributed by atoms with E-state index in [9.17, 15) is 18.3 Å². The fraction of sp³-hybridized carbons (Fsp3) is 0.583. The van der Waals surface area contributed by atoms with Gasteiger partial charge in [-0.05, 0) is 13.0 Å². The molecule has 9 heteroatoms. The maximum absolute atomic E-state index is 13.1. The highest BCUT2D eigenvalue weighted by molar-refractivity contribution is 6.31. The molecule has 0 amide bonds.